The van der Waals surface area contributed by atoms with Gasteiger partial charge in [-0.3, -0.25) is 14.2 Å². The van der Waals surface area contributed by atoms with Crippen LogP contribution in [0.3, 0.4) is 0 Å². The van der Waals surface area contributed by atoms with Crippen LogP contribution in [0, 0.1) is 0 Å². The third-order valence-electron chi connectivity index (χ3n) is 3.58. The van der Waals surface area contributed by atoms with E-state index < -0.39 is 0 Å². The van der Waals surface area contributed by atoms with Gasteiger partial charge in [-0.1, -0.05) is 20.8 Å². The second-order valence-electron chi connectivity index (χ2n) is 5.04. The van der Waals surface area contributed by atoms with Crippen molar-refractivity contribution in [2.24, 2.45) is 0 Å². The molecule has 5 nitrogen and oxygen atoms in total. The summed E-state index contributed by atoms with van der Waals surface area (Å²) in [6, 6.07) is 2.04. The van der Waals surface area contributed by atoms with Crippen LogP contribution < -0.4 is 10.9 Å². The van der Waals surface area contributed by atoms with E-state index in [1.165, 1.54) is 22.2 Å². The summed E-state index contributed by atoms with van der Waals surface area (Å²) in [5, 5.41) is 3.54. The number of hydrogen-bond donors (Lipinski definition) is 1. The van der Waals surface area contributed by atoms with Crippen LogP contribution in [0.2, 0.25) is 0 Å². The number of fused-ring (bicyclic) bond motifs is 1. The van der Waals surface area contributed by atoms with Crippen molar-refractivity contribution in [2.75, 3.05) is 0 Å². The molecule has 0 radical (unpaired) electrons. The van der Waals surface area contributed by atoms with E-state index in [1.54, 1.807) is 0 Å². The van der Waals surface area contributed by atoms with Crippen LogP contribution in [0.4, 0.5) is 0 Å². The topological polar surface area (TPSA) is 64.0 Å². The second-order valence-corrected chi connectivity index (χ2v) is 6.16. The lowest BCUT2D eigenvalue weighted by Gasteiger charge is -2.15. The summed E-state index contributed by atoms with van der Waals surface area (Å²) in [5.74, 6) is -0.141. The van der Waals surface area contributed by atoms with Crippen molar-refractivity contribution < 1.29 is 4.79 Å². The molecule has 0 bridgehead atoms. The zero-order valence-electron chi connectivity index (χ0n) is 12.7. The van der Waals surface area contributed by atoms with Crippen LogP contribution in [0.25, 0.3) is 10.2 Å². The average molecular weight is 307 g/mol. The predicted octanol–water partition coefficient (Wildman–Crippen LogP) is 2.33. The number of carbonyl (C=O) groups is 1. The highest BCUT2D eigenvalue weighted by molar-refractivity contribution is 7.18. The molecule has 1 amide bonds. The Hall–Kier alpha value is -1.69. The minimum atomic E-state index is -0.143. The van der Waals surface area contributed by atoms with Crippen LogP contribution >= 0.6 is 11.3 Å². The minimum Gasteiger partial charge on any atom is -0.352 e. The molecule has 0 atom stereocenters. The van der Waals surface area contributed by atoms with Crippen molar-refractivity contribution in [3.05, 3.63) is 27.6 Å². The SMILES string of the molecule is CCc1cc2c(=O)n(CC(=O)NC(CC)CC)cnc2s1. The van der Waals surface area contributed by atoms with Gasteiger partial charge in [-0.25, -0.2) is 4.98 Å². The monoisotopic (exact) mass is 307 g/mol. The normalized spacial score (nSPS) is 11.2. The first-order valence-electron chi connectivity index (χ1n) is 7.36. The molecule has 0 aliphatic carbocycles. The van der Waals surface area contributed by atoms with Gasteiger partial charge in [-0.05, 0) is 25.3 Å². The molecule has 0 aliphatic heterocycles. The van der Waals surface area contributed by atoms with E-state index in [-0.39, 0.29) is 24.1 Å². The van der Waals surface area contributed by atoms with Crippen molar-refractivity contribution in [2.45, 2.75) is 52.6 Å². The molecule has 21 heavy (non-hydrogen) atoms. The molecule has 2 rings (SSSR count). The molecule has 0 aliphatic rings. The molecule has 0 fully saturated rings. The maximum atomic E-state index is 12.4. The van der Waals surface area contributed by atoms with E-state index >= 15 is 0 Å². The maximum Gasteiger partial charge on any atom is 0.262 e. The van der Waals surface area contributed by atoms with E-state index in [9.17, 15) is 9.59 Å². The van der Waals surface area contributed by atoms with Gasteiger partial charge < -0.3 is 5.32 Å². The first-order chi connectivity index (χ1) is 10.1. The van der Waals surface area contributed by atoms with Crippen LogP contribution in [-0.2, 0) is 17.8 Å². The molecule has 2 heterocycles. The fourth-order valence-corrected chi connectivity index (χ4v) is 3.14. The van der Waals surface area contributed by atoms with Crippen LogP contribution in [0.15, 0.2) is 17.2 Å². The largest absolute Gasteiger partial charge is 0.352 e. The molecule has 0 spiro atoms. The summed E-state index contributed by atoms with van der Waals surface area (Å²) in [6.45, 7) is 6.14. The molecular weight excluding hydrogens is 286 g/mol. The van der Waals surface area contributed by atoms with Crippen molar-refractivity contribution in [1.82, 2.24) is 14.9 Å². The van der Waals surface area contributed by atoms with Gasteiger partial charge in [0, 0.05) is 10.9 Å². The van der Waals surface area contributed by atoms with Gasteiger partial charge in [-0.15, -0.1) is 11.3 Å². The molecule has 6 heteroatoms. The Labute approximate surface area is 128 Å². The highest BCUT2D eigenvalue weighted by Crippen LogP contribution is 2.20. The van der Waals surface area contributed by atoms with Crippen molar-refractivity contribution >= 4 is 27.5 Å². The lowest BCUT2D eigenvalue weighted by Crippen LogP contribution is -2.38. The van der Waals surface area contributed by atoms with E-state index in [0.717, 1.165) is 29.0 Å². The predicted molar refractivity (Wildman–Crippen MR) is 85.8 cm³/mol. The van der Waals surface area contributed by atoms with Crippen molar-refractivity contribution in [3.63, 3.8) is 0 Å². The number of amides is 1. The third kappa shape index (κ3) is 3.50. The maximum absolute atomic E-state index is 12.4. The Morgan fingerprint density at radius 2 is 2.10 bits per heavy atom. The van der Waals surface area contributed by atoms with E-state index in [1.807, 2.05) is 26.8 Å². The second kappa shape index (κ2) is 6.85. The first-order valence-corrected chi connectivity index (χ1v) is 8.17. The Morgan fingerprint density at radius 3 is 2.71 bits per heavy atom. The van der Waals surface area contributed by atoms with Gasteiger partial charge in [0.1, 0.15) is 11.4 Å². The zero-order chi connectivity index (χ0) is 15.4. The molecule has 0 aromatic carbocycles. The molecule has 2 aromatic rings. The molecular formula is C15H21N3O2S. The lowest BCUT2D eigenvalue weighted by molar-refractivity contribution is -0.122. The lowest BCUT2D eigenvalue weighted by atomic mass is 10.2. The van der Waals surface area contributed by atoms with Gasteiger partial charge in [0.25, 0.3) is 5.56 Å². The number of aromatic nitrogens is 2. The molecule has 1 N–H and O–H groups in total. The van der Waals surface area contributed by atoms with Gasteiger partial charge in [0.05, 0.1) is 11.7 Å². The van der Waals surface area contributed by atoms with E-state index in [4.69, 9.17) is 0 Å². The zero-order valence-corrected chi connectivity index (χ0v) is 13.5. The number of carbonyl (C=O) groups excluding carboxylic acids is 1. The Kier molecular flexibility index (Phi) is 5.12. The van der Waals surface area contributed by atoms with Gasteiger partial charge in [0.2, 0.25) is 5.91 Å². The number of nitrogens with one attached hydrogen (secondary N) is 1. The molecule has 0 saturated carbocycles. The fourth-order valence-electron chi connectivity index (χ4n) is 2.22. The van der Waals surface area contributed by atoms with Crippen LogP contribution in [0.1, 0.15) is 38.5 Å². The van der Waals surface area contributed by atoms with E-state index in [2.05, 4.69) is 10.3 Å². The van der Waals surface area contributed by atoms with E-state index in [0.29, 0.717) is 5.39 Å². The van der Waals surface area contributed by atoms with Crippen LogP contribution in [0.5, 0.6) is 0 Å². The number of aryl methyl sites for hydroxylation is 1. The summed E-state index contributed by atoms with van der Waals surface area (Å²) in [4.78, 5) is 30.5. The highest BCUT2D eigenvalue weighted by atomic mass is 32.1. The average Bonchev–Trinajstić information content (AvgIpc) is 2.92. The minimum absolute atomic E-state index is 0.0234. The number of rotatable bonds is 6. The summed E-state index contributed by atoms with van der Waals surface area (Å²) in [5.41, 5.74) is -0.143. The molecule has 0 saturated heterocycles. The van der Waals surface area contributed by atoms with Crippen molar-refractivity contribution in [1.29, 1.82) is 0 Å². The van der Waals surface area contributed by atoms with Crippen LogP contribution in [-0.4, -0.2) is 21.5 Å². The smallest absolute Gasteiger partial charge is 0.262 e. The summed E-state index contributed by atoms with van der Waals surface area (Å²) >= 11 is 1.53. The number of thiophene rings is 1. The van der Waals surface area contributed by atoms with Gasteiger partial charge in [-0.2, -0.15) is 0 Å². The van der Waals surface area contributed by atoms with Crippen molar-refractivity contribution in [3.8, 4) is 0 Å². The molecule has 114 valence electrons. The highest BCUT2D eigenvalue weighted by Gasteiger charge is 2.12. The first kappa shape index (κ1) is 15.7. The summed E-state index contributed by atoms with van der Waals surface area (Å²) in [6.07, 6.45) is 4.13. The Morgan fingerprint density at radius 1 is 1.38 bits per heavy atom. The molecule has 2 aromatic heterocycles. The standard InChI is InChI=1S/C15H21N3O2S/c1-4-10(5-2)17-13(19)8-18-9-16-14-12(15(18)20)7-11(6-3)21-14/h7,9-10H,4-6,8H2,1-3H3,(H,17,19). The number of nitrogens with zero attached hydrogens (tertiary/aromatic N) is 2. The Balaban J connectivity index is 2.21. The third-order valence-corrected chi connectivity index (χ3v) is 4.77. The summed E-state index contributed by atoms with van der Waals surface area (Å²) in [7, 11) is 0. The molecule has 0 unspecified atom stereocenters. The fraction of sp³-hybridized carbons (Fsp3) is 0.533. The summed E-state index contributed by atoms with van der Waals surface area (Å²) < 4.78 is 1.38. The van der Waals surface area contributed by atoms with Gasteiger partial charge in [0.15, 0.2) is 0 Å². The van der Waals surface area contributed by atoms with Gasteiger partial charge >= 0.3 is 0 Å². The number of hydrogen-bond acceptors (Lipinski definition) is 4. The quantitative estimate of drug-likeness (QED) is 0.891. The Bertz CT molecular complexity index is 686.